The Bertz CT molecular complexity index is 602. The van der Waals surface area contributed by atoms with E-state index in [9.17, 15) is 4.79 Å². The average Bonchev–Trinajstić information content (AvgIpc) is 2.28. The van der Waals surface area contributed by atoms with E-state index >= 15 is 0 Å². The molecule has 0 aromatic carbocycles. The molecule has 2 rings (SSSR count). The van der Waals surface area contributed by atoms with Crippen LogP contribution in [0, 0.1) is 6.92 Å². The molecule has 0 amide bonds. The quantitative estimate of drug-likeness (QED) is 0.923. The van der Waals surface area contributed by atoms with Crippen molar-refractivity contribution in [2.45, 2.75) is 6.92 Å². The summed E-state index contributed by atoms with van der Waals surface area (Å²) >= 11 is 5.77. The first kappa shape index (κ1) is 12.3. The summed E-state index contributed by atoms with van der Waals surface area (Å²) in [6.07, 6.45) is 4.17. The Morgan fingerprint density at radius 3 is 2.78 bits per heavy atom. The van der Waals surface area contributed by atoms with Crippen molar-refractivity contribution in [2.75, 3.05) is 0 Å². The minimum Gasteiger partial charge on any atom is -0.477 e. The van der Waals surface area contributed by atoms with E-state index in [2.05, 4.69) is 9.97 Å². The molecule has 2 aromatic heterocycles. The maximum absolute atomic E-state index is 11.0. The monoisotopic (exact) mass is 264 g/mol. The highest BCUT2D eigenvalue weighted by Crippen LogP contribution is 2.26. The van der Waals surface area contributed by atoms with Gasteiger partial charge in [0, 0.05) is 30.2 Å². The lowest BCUT2D eigenvalue weighted by Gasteiger charge is -2.08. The first-order chi connectivity index (χ1) is 8.56. The zero-order valence-electron chi connectivity index (χ0n) is 9.42. The highest BCUT2D eigenvalue weighted by atomic mass is 35.5. The second kappa shape index (κ2) is 5.01. The molecule has 0 radical (unpaired) electrons. The first-order valence-electron chi connectivity index (χ1n) is 5.04. The molecular formula is C12H9ClN2O3. The van der Waals surface area contributed by atoms with Gasteiger partial charge in [-0.15, -0.1) is 0 Å². The number of aromatic nitrogens is 2. The molecule has 0 atom stereocenters. The summed E-state index contributed by atoms with van der Waals surface area (Å²) in [6, 6.07) is 3.10. The van der Waals surface area contributed by atoms with Crippen LogP contribution in [0.5, 0.6) is 11.5 Å². The van der Waals surface area contributed by atoms with Gasteiger partial charge in [-0.3, -0.25) is 9.97 Å². The third kappa shape index (κ3) is 2.75. The number of pyridine rings is 2. The van der Waals surface area contributed by atoms with E-state index in [0.717, 1.165) is 0 Å². The lowest BCUT2D eigenvalue weighted by Crippen LogP contribution is -2.02. The molecule has 2 aromatic rings. The fourth-order valence-corrected chi connectivity index (χ4v) is 1.52. The summed E-state index contributed by atoms with van der Waals surface area (Å²) in [4.78, 5) is 18.8. The molecule has 0 aliphatic rings. The van der Waals surface area contributed by atoms with E-state index in [0.29, 0.717) is 16.5 Å². The third-order valence-corrected chi connectivity index (χ3v) is 2.35. The lowest BCUT2D eigenvalue weighted by atomic mass is 10.2. The number of hydrogen-bond donors (Lipinski definition) is 1. The van der Waals surface area contributed by atoms with Gasteiger partial charge in [0.15, 0.2) is 0 Å². The topological polar surface area (TPSA) is 72.3 Å². The van der Waals surface area contributed by atoms with Crippen LogP contribution in [0.15, 0.2) is 30.7 Å². The van der Waals surface area contributed by atoms with Gasteiger partial charge in [-0.2, -0.15) is 0 Å². The van der Waals surface area contributed by atoms with Crippen LogP contribution >= 0.6 is 11.6 Å². The highest BCUT2D eigenvalue weighted by molar-refractivity contribution is 6.30. The smallest absolute Gasteiger partial charge is 0.341 e. The number of carboxylic acid groups (broad SMARTS) is 1. The van der Waals surface area contributed by atoms with Gasteiger partial charge in [0.1, 0.15) is 17.1 Å². The van der Waals surface area contributed by atoms with E-state index in [1.807, 2.05) is 0 Å². The number of ether oxygens (including phenoxy) is 1. The normalized spacial score (nSPS) is 10.1. The number of halogens is 1. The van der Waals surface area contributed by atoms with Crippen LogP contribution < -0.4 is 4.74 Å². The van der Waals surface area contributed by atoms with E-state index in [1.165, 1.54) is 18.6 Å². The van der Waals surface area contributed by atoms with Crippen molar-refractivity contribution in [3.63, 3.8) is 0 Å². The summed E-state index contributed by atoms with van der Waals surface area (Å²) in [5.74, 6) is -0.526. The fourth-order valence-electron chi connectivity index (χ4n) is 1.35. The Labute approximate surface area is 108 Å². The predicted octanol–water partition coefficient (Wildman–Crippen LogP) is 2.93. The van der Waals surface area contributed by atoms with Crippen LogP contribution in [0.4, 0.5) is 0 Å². The van der Waals surface area contributed by atoms with Gasteiger partial charge in [0.05, 0.1) is 11.2 Å². The van der Waals surface area contributed by atoms with Crippen LogP contribution in [-0.4, -0.2) is 21.0 Å². The van der Waals surface area contributed by atoms with Gasteiger partial charge in [-0.25, -0.2) is 4.79 Å². The Hall–Kier alpha value is -2.14. The molecule has 0 bridgehead atoms. The average molecular weight is 265 g/mol. The second-order valence-electron chi connectivity index (χ2n) is 3.57. The fraction of sp³-hybridized carbons (Fsp3) is 0.0833. The molecular weight excluding hydrogens is 256 g/mol. The van der Waals surface area contributed by atoms with Gasteiger partial charge in [-0.05, 0) is 6.92 Å². The van der Waals surface area contributed by atoms with Crippen LogP contribution in [-0.2, 0) is 0 Å². The van der Waals surface area contributed by atoms with Gasteiger partial charge < -0.3 is 9.84 Å². The van der Waals surface area contributed by atoms with Crippen LogP contribution in [0.3, 0.4) is 0 Å². The van der Waals surface area contributed by atoms with Crippen LogP contribution in [0.25, 0.3) is 0 Å². The molecule has 6 heteroatoms. The predicted molar refractivity (Wildman–Crippen MR) is 65.3 cm³/mol. The Morgan fingerprint density at radius 1 is 1.33 bits per heavy atom. The van der Waals surface area contributed by atoms with E-state index in [1.54, 1.807) is 19.1 Å². The first-order valence-corrected chi connectivity index (χ1v) is 5.42. The van der Waals surface area contributed by atoms with E-state index < -0.39 is 5.97 Å². The van der Waals surface area contributed by atoms with Crippen LogP contribution in [0.2, 0.25) is 5.02 Å². The summed E-state index contributed by atoms with van der Waals surface area (Å²) in [7, 11) is 0. The summed E-state index contributed by atoms with van der Waals surface area (Å²) < 4.78 is 5.46. The van der Waals surface area contributed by atoms with Crippen LogP contribution in [0.1, 0.15) is 16.1 Å². The molecule has 0 aliphatic carbocycles. The second-order valence-corrected chi connectivity index (χ2v) is 4.00. The molecule has 5 nitrogen and oxygen atoms in total. The Morgan fingerprint density at radius 2 is 2.11 bits per heavy atom. The molecule has 0 aliphatic heterocycles. The third-order valence-electron chi connectivity index (χ3n) is 2.14. The standard InChI is InChI=1S/C12H9ClN2O3/c1-7-2-11(10(6-15-7)12(16)17)18-9-3-8(13)4-14-5-9/h2-6H,1H3,(H,16,17). The van der Waals surface area contributed by atoms with Gasteiger partial charge in [0.25, 0.3) is 0 Å². The van der Waals surface area contributed by atoms with Crippen molar-refractivity contribution in [3.05, 3.63) is 47.0 Å². The van der Waals surface area contributed by atoms with Crippen molar-refractivity contribution in [1.82, 2.24) is 9.97 Å². The minimum atomic E-state index is -1.10. The summed E-state index contributed by atoms with van der Waals surface area (Å²) in [5, 5.41) is 9.44. The van der Waals surface area contributed by atoms with Gasteiger partial charge >= 0.3 is 5.97 Å². The Kier molecular flexibility index (Phi) is 3.43. The molecule has 92 valence electrons. The maximum atomic E-state index is 11.0. The molecule has 0 fully saturated rings. The number of aryl methyl sites for hydroxylation is 1. The largest absolute Gasteiger partial charge is 0.477 e. The summed E-state index contributed by atoms with van der Waals surface area (Å²) in [6.45, 7) is 1.74. The molecule has 18 heavy (non-hydrogen) atoms. The molecule has 1 N–H and O–H groups in total. The number of carboxylic acids is 1. The number of carbonyl (C=O) groups is 1. The lowest BCUT2D eigenvalue weighted by molar-refractivity contribution is 0.0693. The van der Waals surface area contributed by atoms with Crippen molar-refractivity contribution in [1.29, 1.82) is 0 Å². The van der Waals surface area contributed by atoms with Crippen molar-refractivity contribution in [2.24, 2.45) is 0 Å². The summed E-state index contributed by atoms with van der Waals surface area (Å²) in [5.41, 5.74) is 0.644. The molecule has 0 saturated heterocycles. The molecule has 2 heterocycles. The molecule has 0 spiro atoms. The minimum absolute atomic E-state index is 0.0134. The van der Waals surface area contributed by atoms with Gasteiger partial charge in [0.2, 0.25) is 0 Å². The zero-order valence-corrected chi connectivity index (χ0v) is 10.2. The van der Waals surface area contributed by atoms with E-state index in [-0.39, 0.29) is 11.3 Å². The molecule has 0 unspecified atom stereocenters. The zero-order chi connectivity index (χ0) is 13.1. The molecule has 0 saturated carbocycles. The number of rotatable bonds is 3. The van der Waals surface area contributed by atoms with Crippen molar-refractivity contribution in [3.8, 4) is 11.5 Å². The van der Waals surface area contributed by atoms with Crippen molar-refractivity contribution < 1.29 is 14.6 Å². The number of hydrogen-bond acceptors (Lipinski definition) is 4. The van der Waals surface area contributed by atoms with Gasteiger partial charge in [-0.1, -0.05) is 11.6 Å². The van der Waals surface area contributed by atoms with E-state index in [4.69, 9.17) is 21.4 Å². The SMILES string of the molecule is Cc1cc(Oc2cncc(Cl)c2)c(C(=O)O)cn1. The number of aromatic carboxylic acids is 1. The maximum Gasteiger partial charge on any atom is 0.341 e. The Balaban J connectivity index is 2.39. The van der Waals surface area contributed by atoms with Crippen molar-refractivity contribution >= 4 is 17.6 Å². The highest BCUT2D eigenvalue weighted by Gasteiger charge is 2.13. The number of nitrogens with zero attached hydrogens (tertiary/aromatic N) is 2.